The van der Waals surface area contributed by atoms with Gasteiger partial charge in [-0.25, -0.2) is 0 Å². The molecule has 0 saturated heterocycles. The Morgan fingerprint density at radius 3 is 1.44 bits per heavy atom. The topological polar surface area (TPSA) is 0 Å². The monoisotopic (exact) mass is 589 g/mol. The maximum absolute atomic E-state index is 2.21. The number of hydrogen-bond acceptors (Lipinski definition) is 0. The number of rotatable bonds is 1. The molecule has 0 N–H and O–H groups in total. The first-order valence-electron chi connectivity index (χ1n) is 2.45. The molecule has 3 heteroatoms. The van der Waals surface area contributed by atoms with E-state index in [0.29, 0.717) is 0 Å². The quantitative estimate of drug-likeness (QED) is 0.397. The van der Waals surface area contributed by atoms with Gasteiger partial charge in [0.15, 0.2) is 0 Å². The Labute approximate surface area is 106 Å². The van der Waals surface area contributed by atoms with Crippen LogP contribution in [0.25, 0.3) is 0 Å². The van der Waals surface area contributed by atoms with Gasteiger partial charge in [0.05, 0.1) is 0 Å². The van der Waals surface area contributed by atoms with Gasteiger partial charge in [0, 0.05) is 26.2 Å². The van der Waals surface area contributed by atoms with Crippen LogP contribution in [0.5, 0.6) is 0 Å². The summed E-state index contributed by atoms with van der Waals surface area (Å²) in [4.78, 5) is 0. The van der Waals surface area contributed by atoms with Gasteiger partial charge in [-0.05, 0) is 0 Å². The molecule has 0 aliphatic carbocycles. The fraction of sp³-hybridized carbons (Fsp3) is 0.500. The Morgan fingerprint density at radius 2 is 1.44 bits per heavy atom. The molecule has 47 valence electrons. The minimum Gasteiger partial charge on any atom is 0 e. The van der Waals surface area contributed by atoms with E-state index in [0.717, 1.165) is 0 Å². The van der Waals surface area contributed by atoms with Crippen LogP contribution < -0.4 is 0 Å². The standard InChI is InChI=1S/C6H9.2Bi.Zr/c1-4-6(3)5-2;;;/h1-3H3;;;. The maximum Gasteiger partial charge on any atom is 0 e. The van der Waals surface area contributed by atoms with Crippen LogP contribution in [0, 0.1) is 0 Å². The summed E-state index contributed by atoms with van der Waals surface area (Å²) in [6.45, 7) is 6.63. The van der Waals surface area contributed by atoms with E-state index in [1.54, 1.807) is 6.49 Å². The normalized spacial score (nSPS) is 11.6. The summed E-state index contributed by atoms with van der Waals surface area (Å²) in [6.07, 6.45) is 0. The number of hydrogen-bond donors (Lipinski definition) is 0. The molecule has 0 aromatic carbocycles. The third kappa shape index (κ3) is 6.65. The Bertz CT molecular complexity index is 134. The van der Waals surface area contributed by atoms with Gasteiger partial charge >= 0.3 is 81.8 Å². The fourth-order valence-corrected chi connectivity index (χ4v) is 3.03. The van der Waals surface area contributed by atoms with E-state index in [1.807, 2.05) is 0 Å². The van der Waals surface area contributed by atoms with Gasteiger partial charge in [0.1, 0.15) is 0 Å². The predicted molar refractivity (Wildman–Crippen MR) is 40.6 cm³/mol. The summed E-state index contributed by atoms with van der Waals surface area (Å²) >= 11 is 2.83. The van der Waals surface area contributed by atoms with Crippen molar-refractivity contribution in [1.29, 1.82) is 0 Å². The second-order valence-corrected chi connectivity index (χ2v) is 7.01. The smallest absolute Gasteiger partial charge is 0 e. The van der Waals surface area contributed by atoms with Crippen LogP contribution in [0.3, 0.4) is 0 Å². The van der Waals surface area contributed by atoms with E-state index >= 15 is 0 Å². The molecule has 0 atom stereocenters. The SMILES string of the molecule is C[C](=[Bi])C(C)=[C](C)[Bi].[Zr]. The molecular weight excluding hydrogens is 581 g/mol. The van der Waals surface area contributed by atoms with Crippen LogP contribution in [-0.2, 0) is 26.2 Å². The second-order valence-electron chi connectivity index (χ2n) is 1.80. The second kappa shape index (κ2) is 6.94. The van der Waals surface area contributed by atoms with E-state index < -0.39 is 0 Å². The zero-order valence-electron chi connectivity index (χ0n) is 5.89. The van der Waals surface area contributed by atoms with Crippen molar-refractivity contribution >= 4 is 52.2 Å². The maximum atomic E-state index is 2.21. The van der Waals surface area contributed by atoms with Crippen molar-refractivity contribution in [2.45, 2.75) is 20.8 Å². The molecule has 0 fully saturated rings. The van der Waals surface area contributed by atoms with Crippen LogP contribution >= 0.6 is 0 Å². The van der Waals surface area contributed by atoms with E-state index in [1.165, 1.54) is 54.5 Å². The Morgan fingerprint density at radius 1 is 1.11 bits per heavy atom. The van der Waals surface area contributed by atoms with Gasteiger partial charge in [-0.15, -0.1) is 0 Å². The first kappa shape index (κ1) is 13.8. The summed E-state index contributed by atoms with van der Waals surface area (Å²) < 4.78 is 3.12. The van der Waals surface area contributed by atoms with E-state index in [2.05, 4.69) is 20.8 Å². The fourth-order valence-electron chi connectivity index (χ4n) is 0.262. The molecule has 0 bridgehead atoms. The molecule has 0 aromatic heterocycles. The summed E-state index contributed by atoms with van der Waals surface area (Å²) in [7, 11) is 0. The molecule has 0 heterocycles. The largest absolute Gasteiger partial charge is 0 e. The van der Waals surface area contributed by atoms with Gasteiger partial charge in [-0.3, -0.25) is 0 Å². The molecule has 0 rings (SSSR count). The van der Waals surface area contributed by atoms with Crippen molar-refractivity contribution in [1.82, 2.24) is 0 Å². The summed E-state index contributed by atoms with van der Waals surface area (Å²) in [5, 5.41) is 0. The molecule has 0 amide bonds. The summed E-state index contributed by atoms with van der Waals surface area (Å²) in [5.41, 5.74) is 1.53. The molecule has 0 nitrogen and oxygen atoms in total. The van der Waals surface area contributed by atoms with Crippen molar-refractivity contribution in [2.24, 2.45) is 0 Å². The molecular formula is C6H9Bi2Zr. The molecule has 0 aliphatic rings. The molecule has 9 heavy (non-hydrogen) atoms. The van der Waals surface area contributed by atoms with Crippen LogP contribution in [0.1, 0.15) is 20.8 Å². The molecule has 0 unspecified atom stereocenters. The van der Waals surface area contributed by atoms with Crippen molar-refractivity contribution < 1.29 is 26.2 Å². The van der Waals surface area contributed by atoms with Crippen LogP contribution in [-0.4, -0.2) is 52.2 Å². The van der Waals surface area contributed by atoms with Crippen LogP contribution in [0.4, 0.5) is 0 Å². The summed E-state index contributed by atoms with van der Waals surface area (Å²) in [6, 6.07) is 0. The molecule has 0 spiro atoms. The van der Waals surface area contributed by atoms with Gasteiger partial charge in [-0.2, -0.15) is 0 Å². The van der Waals surface area contributed by atoms with Crippen molar-refractivity contribution in [3.05, 3.63) is 8.85 Å². The Hall–Kier alpha value is 2.26. The Kier molecular flexibility index (Phi) is 10.7. The summed E-state index contributed by atoms with van der Waals surface area (Å²) in [5.74, 6) is 0. The van der Waals surface area contributed by atoms with Crippen LogP contribution in [0.2, 0.25) is 0 Å². The van der Waals surface area contributed by atoms with Gasteiger partial charge < -0.3 is 0 Å². The average molecular weight is 590 g/mol. The average Bonchev–Trinajstić information content (AvgIpc) is 1.64. The van der Waals surface area contributed by atoms with E-state index in [9.17, 15) is 0 Å². The van der Waals surface area contributed by atoms with Crippen LogP contribution in [0.15, 0.2) is 8.85 Å². The first-order chi connectivity index (χ1) is 3.55. The van der Waals surface area contributed by atoms with Crippen molar-refractivity contribution in [3.63, 3.8) is 0 Å². The first-order valence-corrected chi connectivity index (χ1v) is 5.92. The van der Waals surface area contributed by atoms with Gasteiger partial charge in [0.25, 0.3) is 0 Å². The molecule has 0 aromatic rings. The number of allylic oxidation sites excluding steroid dienone is 2. The Balaban J connectivity index is 0. The zero-order chi connectivity index (χ0) is 6.73. The van der Waals surface area contributed by atoms with E-state index in [4.69, 9.17) is 0 Å². The van der Waals surface area contributed by atoms with E-state index in [-0.39, 0.29) is 26.2 Å². The molecule has 0 saturated carbocycles. The van der Waals surface area contributed by atoms with Gasteiger partial charge in [0.2, 0.25) is 0 Å². The predicted octanol–water partition coefficient (Wildman–Crippen LogP) is 0.807. The zero-order valence-corrected chi connectivity index (χ0v) is 15.3. The van der Waals surface area contributed by atoms with Gasteiger partial charge in [-0.1, -0.05) is 0 Å². The van der Waals surface area contributed by atoms with Crippen molar-refractivity contribution in [2.75, 3.05) is 0 Å². The minimum absolute atomic E-state index is 0. The van der Waals surface area contributed by atoms with Crippen molar-refractivity contribution in [3.8, 4) is 0 Å². The minimum atomic E-state index is 0. The molecule has 0 aliphatic heterocycles. The third-order valence-corrected chi connectivity index (χ3v) is 3.69. The third-order valence-electron chi connectivity index (χ3n) is 1.09. The molecule has 3 radical (unpaired) electrons.